The lowest BCUT2D eigenvalue weighted by molar-refractivity contribution is -0.346. The number of fused-ring (bicyclic) bond motifs is 5. The van der Waals surface area contributed by atoms with Gasteiger partial charge in [0.25, 0.3) is 0 Å². The highest BCUT2D eigenvalue weighted by Crippen LogP contribution is 2.64. The van der Waals surface area contributed by atoms with Crippen molar-refractivity contribution in [2.45, 2.75) is 200 Å². The minimum absolute atomic E-state index is 0.0382. The van der Waals surface area contributed by atoms with Gasteiger partial charge in [0.1, 0.15) is 29.5 Å². The SMILES string of the molecule is CC/C=C\C/C=C\C/C=C\C/C=C\C/C=C\CCCC(=O)O[C@@H](C(=O)O[C@H]1C[C@@]2(O)C(OC(=O)c3ccccc3)C3[C@](C)(C(=O)[C@H](OC(=O)OC)C(=C1C)C2(C)C)[C@@H](O)C[C@H]1OC[C@@]31OC(C)=O)[C@H](C=C(C)C)NC(=O)OC(C)(C)C. The second-order valence-corrected chi connectivity index (χ2v) is 23.1. The van der Waals surface area contributed by atoms with Crippen LogP contribution in [-0.2, 0) is 57.1 Å². The van der Waals surface area contributed by atoms with Gasteiger partial charge >= 0.3 is 36.1 Å². The Labute approximate surface area is 477 Å². The quantitative estimate of drug-likeness (QED) is 0.0399. The summed E-state index contributed by atoms with van der Waals surface area (Å²) in [5.41, 5.74) is -8.60. The number of esters is 4. The highest BCUT2D eigenvalue weighted by molar-refractivity contribution is 5.95. The van der Waals surface area contributed by atoms with Crippen molar-refractivity contribution in [1.82, 2.24) is 5.32 Å². The van der Waals surface area contributed by atoms with Gasteiger partial charge in [0.2, 0.25) is 6.10 Å². The maximum Gasteiger partial charge on any atom is 0.509 e. The Morgan fingerprint density at radius 3 is 1.98 bits per heavy atom. The van der Waals surface area contributed by atoms with E-state index in [4.69, 9.17) is 37.9 Å². The topological polar surface area (TPSA) is 246 Å². The summed E-state index contributed by atoms with van der Waals surface area (Å²) in [7, 11) is 1.02. The van der Waals surface area contributed by atoms with Crippen molar-refractivity contribution >= 4 is 41.9 Å². The summed E-state index contributed by atoms with van der Waals surface area (Å²) in [4.78, 5) is 99.4. The second-order valence-electron chi connectivity index (χ2n) is 23.1. The van der Waals surface area contributed by atoms with E-state index in [0.29, 0.717) is 24.8 Å². The van der Waals surface area contributed by atoms with Gasteiger partial charge in [0.15, 0.2) is 17.5 Å². The number of allylic oxidation sites excluding steroid dienone is 11. The van der Waals surface area contributed by atoms with Crippen LogP contribution in [0.25, 0.3) is 0 Å². The number of ether oxygens (including phenoxy) is 8. The Bertz CT molecular complexity index is 2630. The van der Waals surface area contributed by atoms with Crippen molar-refractivity contribution in [3.63, 3.8) is 0 Å². The van der Waals surface area contributed by atoms with E-state index in [2.05, 4.69) is 60.8 Å². The lowest BCUT2D eigenvalue weighted by atomic mass is 9.44. The molecule has 444 valence electrons. The van der Waals surface area contributed by atoms with Gasteiger partial charge < -0.3 is 53.4 Å². The predicted molar refractivity (Wildman–Crippen MR) is 301 cm³/mol. The van der Waals surface area contributed by atoms with Crippen LogP contribution >= 0.6 is 0 Å². The first kappa shape index (κ1) is 65.2. The van der Waals surface area contributed by atoms with Gasteiger partial charge in [-0.3, -0.25) is 14.4 Å². The number of hydrogen-bond acceptors (Lipinski definition) is 17. The monoisotopic (exact) mass is 1130 g/mol. The van der Waals surface area contributed by atoms with Gasteiger partial charge in [0.05, 0.1) is 42.8 Å². The summed E-state index contributed by atoms with van der Waals surface area (Å²) in [6.07, 6.45) is 14.1. The largest absolute Gasteiger partial charge is 0.509 e. The van der Waals surface area contributed by atoms with Crippen molar-refractivity contribution in [3.05, 3.63) is 119 Å². The standard InChI is InChI=1S/C63H85NO17/c1-13-14-15-16-17-18-19-20-21-22-23-24-25-26-27-28-32-35-48(67)77-50(44(36-40(2)3)64-57(71)81-59(6,7)8)56(70)76-45-38-63(73)54(79-55(69)43-33-30-29-31-34-43)52-61(11,46(66)37-47-62(52,39-75-47)80-42(5)65)53(68)51(78-58(72)74-12)49(41(45)4)60(63,9)10/h14-15,17-18,20-21,23-24,26-27,29-31,33-34,36,44-47,50-52,54,66,73H,13,16,19,22,25,28,32,35,37-39H2,1-12H3,(H,64,71)/b15-14-,18-17-,21-20-,24-23-,27-26-/t44-,45-,46-,47+,50+,51+,52?,54?,61+,62-,63+/m0/s1. The number of alkyl carbamates (subject to hydrolysis) is 1. The third kappa shape index (κ3) is 15.7. The molecular formula is C63H85NO17. The normalized spacial score (nSPS) is 27.8. The molecular weight excluding hydrogens is 1040 g/mol. The van der Waals surface area contributed by atoms with Crippen LogP contribution in [0.15, 0.2) is 114 Å². The molecule has 3 fully saturated rings. The second kappa shape index (κ2) is 28.4. The molecule has 0 aromatic heterocycles. The number of carbonyl (C=O) groups excluding carboxylic acids is 7. The molecule has 1 aliphatic heterocycles. The summed E-state index contributed by atoms with van der Waals surface area (Å²) in [6, 6.07) is 6.40. The van der Waals surface area contributed by atoms with Crippen LogP contribution in [0, 0.1) is 16.7 Å². The molecule has 81 heavy (non-hydrogen) atoms. The fourth-order valence-corrected chi connectivity index (χ4v) is 11.4. The zero-order valence-electron chi connectivity index (χ0n) is 49.2. The van der Waals surface area contributed by atoms with Crippen molar-refractivity contribution < 1.29 is 81.7 Å². The Hall–Kier alpha value is -6.63. The lowest BCUT2D eigenvalue weighted by Crippen LogP contribution is -2.82. The molecule has 5 rings (SSSR count). The first-order chi connectivity index (χ1) is 38.2. The summed E-state index contributed by atoms with van der Waals surface area (Å²) in [6.45, 7) is 17.2. The molecule has 18 heteroatoms. The third-order valence-corrected chi connectivity index (χ3v) is 15.5. The van der Waals surface area contributed by atoms with E-state index >= 15 is 9.59 Å². The van der Waals surface area contributed by atoms with Crippen LogP contribution in [-0.4, -0.2) is 125 Å². The molecule has 4 aliphatic rings. The van der Waals surface area contributed by atoms with Gasteiger partial charge in [0, 0.05) is 31.6 Å². The molecule has 0 radical (unpaired) electrons. The summed E-state index contributed by atoms with van der Waals surface area (Å²) >= 11 is 0. The molecule has 0 spiro atoms. The number of hydrogen-bond donors (Lipinski definition) is 3. The van der Waals surface area contributed by atoms with Crippen LogP contribution < -0.4 is 5.32 Å². The number of rotatable bonds is 23. The molecule has 1 aromatic rings. The maximum absolute atomic E-state index is 15.8. The lowest BCUT2D eigenvalue weighted by Gasteiger charge is -2.67. The highest BCUT2D eigenvalue weighted by Gasteiger charge is 2.78. The van der Waals surface area contributed by atoms with Crippen molar-refractivity contribution in [3.8, 4) is 0 Å². The van der Waals surface area contributed by atoms with Crippen molar-refractivity contribution in [1.29, 1.82) is 0 Å². The number of amides is 1. The number of carbonyl (C=O) groups is 7. The van der Waals surface area contributed by atoms with Gasteiger partial charge in [-0.25, -0.2) is 19.2 Å². The van der Waals surface area contributed by atoms with Crippen LogP contribution in [0.3, 0.4) is 0 Å². The van der Waals surface area contributed by atoms with E-state index < -0.39 is 125 Å². The molecule has 3 N–H and O–H groups in total. The zero-order chi connectivity index (χ0) is 59.9. The van der Waals surface area contributed by atoms with Gasteiger partial charge in [-0.2, -0.15) is 0 Å². The predicted octanol–water partition coefficient (Wildman–Crippen LogP) is 10.1. The highest BCUT2D eigenvalue weighted by atomic mass is 16.7. The molecule has 3 aliphatic carbocycles. The first-order valence-electron chi connectivity index (χ1n) is 28.0. The molecule has 1 heterocycles. The summed E-state index contributed by atoms with van der Waals surface area (Å²) < 4.78 is 47.2. The molecule has 18 nitrogen and oxygen atoms in total. The first-order valence-corrected chi connectivity index (χ1v) is 28.0. The van der Waals surface area contributed by atoms with E-state index in [1.807, 2.05) is 12.2 Å². The molecule has 2 bridgehead atoms. The van der Waals surface area contributed by atoms with E-state index in [9.17, 15) is 34.2 Å². The van der Waals surface area contributed by atoms with Gasteiger partial charge in [-0.15, -0.1) is 0 Å². The van der Waals surface area contributed by atoms with E-state index in [1.54, 1.807) is 52.8 Å². The number of unbranched alkanes of at least 4 members (excludes halogenated alkanes) is 1. The van der Waals surface area contributed by atoms with Crippen molar-refractivity contribution in [2.24, 2.45) is 16.7 Å². The minimum atomic E-state index is -2.49. The Balaban J connectivity index is 1.54. The smallest absolute Gasteiger partial charge is 0.455 e. The minimum Gasteiger partial charge on any atom is -0.455 e. The van der Waals surface area contributed by atoms with Crippen LogP contribution in [0.1, 0.15) is 151 Å². The summed E-state index contributed by atoms with van der Waals surface area (Å²) in [5, 5.41) is 28.9. The van der Waals surface area contributed by atoms with Crippen molar-refractivity contribution in [2.75, 3.05) is 13.7 Å². The number of benzene rings is 1. The van der Waals surface area contributed by atoms with E-state index in [0.717, 1.165) is 39.7 Å². The number of methoxy groups -OCH3 is 1. The summed E-state index contributed by atoms with van der Waals surface area (Å²) in [5.74, 6) is -6.38. The number of nitrogens with one attached hydrogen (secondary N) is 1. The van der Waals surface area contributed by atoms with E-state index in [-0.39, 0.29) is 36.2 Å². The average Bonchev–Trinajstić information content (AvgIpc) is 2.93. The number of Topliss-reactive ketones (excluding diaryl/α,β-unsaturated/α-hetero) is 1. The molecule has 11 atom stereocenters. The molecule has 1 aromatic carbocycles. The van der Waals surface area contributed by atoms with Gasteiger partial charge in [-0.05, 0) is 117 Å². The Morgan fingerprint density at radius 2 is 1.44 bits per heavy atom. The van der Waals surface area contributed by atoms with Crippen LogP contribution in [0.5, 0.6) is 0 Å². The number of aliphatic hydroxyl groups is 2. The third-order valence-electron chi connectivity index (χ3n) is 15.5. The maximum atomic E-state index is 15.8. The van der Waals surface area contributed by atoms with Crippen LogP contribution in [0.4, 0.5) is 9.59 Å². The van der Waals surface area contributed by atoms with Crippen LogP contribution in [0.2, 0.25) is 0 Å². The molecule has 1 amide bonds. The zero-order valence-corrected chi connectivity index (χ0v) is 49.2. The fourth-order valence-electron chi connectivity index (χ4n) is 11.4. The Kier molecular flexibility index (Phi) is 22.8. The molecule has 1 saturated heterocycles. The number of aliphatic hydroxyl groups excluding tert-OH is 1. The fraction of sp³-hybridized carbons (Fsp3) is 0.571. The Morgan fingerprint density at radius 1 is 0.852 bits per heavy atom. The molecule has 2 unspecified atom stereocenters. The van der Waals surface area contributed by atoms with E-state index in [1.165, 1.54) is 45.9 Å². The average molecular weight is 1130 g/mol. The van der Waals surface area contributed by atoms with Gasteiger partial charge in [-0.1, -0.05) is 111 Å². The molecule has 2 saturated carbocycles. The number of ketones is 1.